The molecule has 132 valence electrons. The van der Waals surface area contributed by atoms with Crippen LogP contribution in [0.25, 0.3) is 0 Å². The molecule has 0 radical (unpaired) electrons. The first-order chi connectivity index (χ1) is 12.7. The topological polar surface area (TPSA) is 76.1 Å². The Morgan fingerprint density at radius 1 is 1.08 bits per heavy atom. The number of nitrogens with one attached hydrogen (secondary N) is 2. The number of hydrogen-bond donors (Lipinski definition) is 2. The Balaban J connectivity index is 1.68. The number of carbonyl (C=O) groups excluding carboxylic acids is 1. The van der Waals surface area contributed by atoms with Crippen molar-refractivity contribution in [2.45, 2.75) is 6.92 Å². The van der Waals surface area contributed by atoms with Gasteiger partial charge in [-0.1, -0.05) is 12.1 Å². The average molecular weight is 352 g/mol. The Kier molecular flexibility index (Phi) is 5.38. The zero-order valence-corrected chi connectivity index (χ0v) is 14.1. The summed E-state index contributed by atoms with van der Waals surface area (Å²) in [5.74, 6) is 0.327. The molecule has 0 bridgehead atoms. The standard InChI is InChI=1S/C19H17FN4O2/c1-2-26-17-6-4-3-5-15(17)24-19(25)16-11-22-18(12-21-16)23-14-9-7-13(20)8-10-14/h3-12H,2H2,1H3,(H,22,23)(H,24,25). The second-order valence-corrected chi connectivity index (χ2v) is 5.30. The molecule has 3 rings (SSSR count). The summed E-state index contributed by atoms with van der Waals surface area (Å²) in [7, 11) is 0. The molecule has 0 fully saturated rings. The van der Waals surface area contributed by atoms with Crippen LogP contribution in [0.4, 0.5) is 21.6 Å². The highest BCUT2D eigenvalue weighted by Gasteiger charge is 2.11. The van der Waals surface area contributed by atoms with Crippen molar-refractivity contribution >= 4 is 23.1 Å². The number of aromatic nitrogens is 2. The maximum atomic E-state index is 12.9. The van der Waals surface area contributed by atoms with Crippen LogP contribution in [0.1, 0.15) is 17.4 Å². The number of halogens is 1. The van der Waals surface area contributed by atoms with Crippen molar-refractivity contribution in [1.29, 1.82) is 0 Å². The SMILES string of the molecule is CCOc1ccccc1NC(=O)c1cnc(Nc2ccc(F)cc2)cn1. The van der Waals surface area contributed by atoms with Crippen LogP contribution in [-0.2, 0) is 0 Å². The fourth-order valence-electron chi connectivity index (χ4n) is 2.23. The van der Waals surface area contributed by atoms with E-state index >= 15 is 0 Å². The quantitative estimate of drug-likeness (QED) is 0.701. The lowest BCUT2D eigenvalue weighted by Crippen LogP contribution is -2.15. The lowest BCUT2D eigenvalue weighted by atomic mass is 10.3. The molecule has 0 saturated heterocycles. The van der Waals surface area contributed by atoms with E-state index in [4.69, 9.17) is 4.74 Å². The van der Waals surface area contributed by atoms with Crippen LogP contribution in [0.2, 0.25) is 0 Å². The number of benzene rings is 2. The van der Waals surface area contributed by atoms with Crippen LogP contribution in [0.15, 0.2) is 60.9 Å². The van der Waals surface area contributed by atoms with Crippen LogP contribution >= 0.6 is 0 Å². The van der Waals surface area contributed by atoms with Crippen molar-refractivity contribution in [3.63, 3.8) is 0 Å². The van der Waals surface area contributed by atoms with E-state index in [2.05, 4.69) is 20.6 Å². The van der Waals surface area contributed by atoms with Crippen LogP contribution < -0.4 is 15.4 Å². The molecule has 7 heteroatoms. The molecule has 2 N–H and O–H groups in total. The highest BCUT2D eigenvalue weighted by atomic mass is 19.1. The van der Waals surface area contributed by atoms with E-state index in [1.165, 1.54) is 24.5 Å². The fraction of sp³-hybridized carbons (Fsp3) is 0.105. The Morgan fingerprint density at radius 2 is 1.85 bits per heavy atom. The molecule has 0 aliphatic heterocycles. The number of para-hydroxylation sites is 2. The number of hydrogen-bond acceptors (Lipinski definition) is 5. The van der Waals surface area contributed by atoms with Gasteiger partial charge in [0.05, 0.1) is 24.7 Å². The van der Waals surface area contributed by atoms with Gasteiger partial charge in [0.15, 0.2) is 0 Å². The smallest absolute Gasteiger partial charge is 0.275 e. The molecule has 1 amide bonds. The lowest BCUT2D eigenvalue weighted by Gasteiger charge is -2.11. The van der Waals surface area contributed by atoms with Crippen molar-refractivity contribution in [1.82, 2.24) is 9.97 Å². The van der Waals surface area contributed by atoms with E-state index in [0.29, 0.717) is 29.5 Å². The van der Waals surface area contributed by atoms with Gasteiger partial charge in [0.2, 0.25) is 0 Å². The van der Waals surface area contributed by atoms with Gasteiger partial charge in [0.25, 0.3) is 5.91 Å². The predicted octanol–water partition coefficient (Wildman–Crippen LogP) is 4.01. The Hall–Kier alpha value is -3.48. The fourth-order valence-corrected chi connectivity index (χ4v) is 2.23. The third kappa shape index (κ3) is 4.32. The zero-order valence-electron chi connectivity index (χ0n) is 14.1. The minimum absolute atomic E-state index is 0.168. The first-order valence-corrected chi connectivity index (χ1v) is 8.03. The molecule has 26 heavy (non-hydrogen) atoms. The zero-order chi connectivity index (χ0) is 18.4. The summed E-state index contributed by atoms with van der Waals surface area (Å²) in [4.78, 5) is 20.6. The number of rotatable bonds is 6. The van der Waals surface area contributed by atoms with Gasteiger partial charge in [-0.25, -0.2) is 14.4 Å². The summed E-state index contributed by atoms with van der Waals surface area (Å²) < 4.78 is 18.4. The van der Waals surface area contributed by atoms with Gasteiger partial charge in [-0.15, -0.1) is 0 Å². The van der Waals surface area contributed by atoms with Crippen LogP contribution in [0.5, 0.6) is 5.75 Å². The molecular weight excluding hydrogens is 335 g/mol. The Morgan fingerprint density at radius 3 is 2.54 bits per heavy atom. The Labute approximate surface area is 150 Å². The van der Waals surface area contributed by atoms with Crippen molar-refractivity contribution < 1.29 is 13.9 Å². The molecule has 0 saturated carbocycles. The minimum Gasteiger partial charge on any atom is -0.492 e. The van der Waals surface area contributed by atoms with Gasteiger partial charge in [-0.05, 0) is 43.3 Å². The lowest BCUT2D eigenvalue weighted by molar-refractivity contribution is 0.102. The molecule has 1 aromatic heterocycles. The summed E-state index contributed by atoms with van der Waals surface area (Å²) in [6.45, 7) is 2.37. The minimum atomic E-state index is -0.391. The Bertz CT molecular complexity index is 883. The van der Waals surface area contributed by atoms with Crippen molar-refractivity contribution in [2.75, 3.05) is 17.2 Å². The summed E-state index contributed by atoms with van der Waals surface area (Å²) in [6.07, 6.45) is 2.80. The molecule has 6 nitrogen and oxygen atoms in total. The molecule has 2 aromatic carbocycles. The van der Waals surface area contributed by atoms with Crippen LogP contribution in [0.3, 0.4) is 0 Å². The molecule has 0 unspecified atom stereocenters. The molecule has 0 aliphatic carbocycles. The predicted molar refractivity (Wildman–Crippen MR) is 97.3 cm³/mol. The maximum absolute atomic E-state index is 12.9. The van der Waals surface area contributed by atoms with Crippen LogP contribution in [-0.4, -0.2) is 22.5 Å². The van der Waals surface area contributed by atoms with E-state index < -0.39 is 5.91 Å². The largest absolute Gasteiger partial charge is 0.492 e. The number of anilines is 3. The van der Waals surface area contributed by atoms with Gasteiger partial charge in [-0.2, -0.15) is 0 Å². The highest BCUT2D eigenvalue weighted by molar-refractivity contribution is 6.03. The molecule has 0 aliphatic rings. The molecule has 0 atom stereocenters. The van der Waals surface area contributed by atoms with Gasteiger partial charge in [-0.3, -0.25) is 4.79 Å². The van der Waals surface area contributed by atoms with Crippen molar-refractivity contribution in [3.05, 3.63) is 72.4 Å². The molecule has 3 aromatic rings. The van der Waals surface area contributed by atoms with Gasteiger partial charge in [0, 0.05) is 5.69 Å². The highest BCUT2D eigenvalue weighted by Crippen LogP contribution is 2.24. The normalized spacial score (nSPS) is 10.2. The molecule has 0 spiro atoms. The first kappa shape index (κ1) is 17.3. The summed E-state index contributed by atoms with van der Waals surface area (Å²) in [5.41, 5.74) is 1.40. The molecular formula is C19H17FN4O2. The van der Waals surface area contributed by atoms with Gasteiger partial charge >= 0.3 is 0 Å². The third-order valence-corrected chi connectivity index (χ3v) is 3.44. The molecule has 1 heterocycles. The summed E-state index contributed by atoms with van der Waals surface area (Å²) in [5, 5.41) is 5.74. The number of ether oxygens (including phenoxy) is 1. The van der Waals surface area contributed by atoms with E-state index in [9.17, 15) is 9.18 Å². The van der Waals surface area contributed by atoms with E-state index in [-0.39, 0.29) is 11.5 Å². The number of amides is 1. The van der Waals surface area contributed by atoms with Crippen molar-refractivity contribution in [2.24, 2.45) is 0 Å². The summed E-state index contributed by atoms with van der Waals surface area (Å²) >= 11 is 0. The first-order valence-electron chi connectivity index (χ1n) is 8.03. The average Bonchev–Trinajstić information content (AvgIpc) is 2.66. The van der Waals surface area contributed by atoms with Crippen molar-refractivity contribution in [3.8, 4) is 5.75 Å². The van der Waals surface area contributed by atoms with Gasteiger partial charge < -0.3 is 15.4 Å². The van der Waals surface area contributed by atoms with Crippen LogP contribution in [0, 0.1) is 5.82 Å². The second-order valence-electron chi connectivity index (χ2n) is 5.30. The van der Waals surface area contributed by atoms with Gasteiger partial charge in [0.1, 0.15) is 23.1 Å². The number of carbonyl (C=O) groups is 1. The van der Waals surface area contributed by atoms with E-state index in [1.54, 1.807) is 30.3 Å². The maximum Gasteiger partial charge on any atom is 0.275 e. The van der Waals surface area contributed by atoms with E-state index in [0.717, 1.165) is 0 Å². The third-order valence-electron chi connectivity index (χ3n) is 3.44. The summed E-state index contributed by atoms with van der Waals surface area (Å²) in [6, 6.07) is 13.0. The van der Waals surface area contributed by atoms with E-state index in [1.807, 2.05) is 13.0 Å². The number of nitrogens with zero attached hydrogens (tertiary/aromatic N) is 2. The monoisotopic (exact) mass is 352 g/mol. The second kappa shape index (κ2) is 8.06.